The van der Waals surface area contributed by atoms with Gasteiger partial charge in [-0.15, -0.1) is 0 Å². The Balaban J connectivity index is 0.00000121. The van der Waals surface area contributed by atoms with Crippen molar-refractivity contribution < 1.29 is 9.63 Å². The van der Waals surface area contributed by atoms with Crippen LogP contribution in [0.1, 0.15) is 5.56 Å². The Bertz CT molecular complexity index is 216. The minimum atomic E-state index is 0. The number of hydrogen-bond donors (Lipinski definition) is 1. The van der Waals surface area contributed by atoms with Crippen LogP contribution >= 0.6 is 0 Å². The summed E-state index contributed by atoms with van der Waals surface area (Å²) in [6.45, 7) is 0.402. The fraction of sp³-hybridized carbons (Fsp3) is 0.125. The van der Waals surface area contributed by atoms with E-state index in [0.717, 1.165) is 5.56 Å². The van der Waals surface area contributed by atoms with Crippen molar-refractivity contribution in [2.24, 2.45) is 0 Å². The summed E-state index contributed by atoms with van der Waals surface area (Å²) in [5.41, 5.74) is 3.15. The molecule has 0 aliphatic rings. The Labute approximate surface area is 91.2 Å². The maximum atomic E-state index is 9.76. The molecule has 0 saturated carbocycles. The third-order valence-electron chi connectivity index (χ3n) is 1.21. The van der Waals surface area contributed by atoms with Crippen LogP contribution in [0.3, 0.4) is 0 Å². The van der Waals surface area contributed by atoms with Gasteiger partial charge in [0.25, 0.3) is 0 Å². The van der Waals surface area contributed by atoms with Crippen LogP contribution < -0.4 is 5.48 Å². The molecule has 64 valence electrons. The number of carbonyl (C=O) groups excluding carboxylic acids is 1. The van der Waals surface area contributed by atoms with Crippen LogP contribution in [-0.2, 0) is 16.2 Å². The summed E-state index contributed by atoms with van der Waals surface area (Å²) in [5.74, 6) is 0. The molecule has 0 fully saturated rings. The van der Waals surface area contributed by atoms with Gasteiger partial charge in [0.05, 0.1) is 6.61 Å². The van der Waals surface area contributed by atoms with Gasteiger partial charge in [0.15, 0.2) is 0 Å². The van der Waals surface area contributed by atoms with Crippen molar-refractivity contribution in [2.75, 3.05) is 0 Å². The van der Waals surface area contributed by atoms with Gasteiger partial charge in [0.1, 0.15) is 0 Å². The number of carbonyl (C=O) groups is 1. The van der Waals surface area contributed by atoms with Gasteiger partial charge in [0, 0.05) is 0 Å². The second kappa shape index (κ2) is 7.23. The Morgan fingerprint density at radius 1 is 1.33 bits per heavy atom. The fourth-order valence-electron chi connectivity index (χ4n) is 0.733. The van der Waals surface area contributed by atoms with Gasteiger partial charge < -0.3 is 0 Å². The first kappa shape index (κ1) is 11.6. The average Bonchev–Trinajstić information content (AvgIpc) is 2.07. The quantitative estimate of drug-likeness (QED) is 0.354. The molecule has 1 rings (SSSR count). The summed E-state index contributed by atoms with van der Waals surface area (Å²) < 4.78 is 0. The SMILES string of the molecule is O=CNOCc1ccccc1.[PbH2]. The van der Waals surface area contributed by atoms with E-state index in [4.69, 9.17) is 4.84 Å². The zero-order valence-corrected chi connectivity index (χ0v) is 12.2. The van der Waals surface area contributed by atoms with E-state index < -0.39 is 0 Å². The molecule has 0 unspecified atom stereocenters. The van der Waals surface area contributed by atoms with Gasteiger partial charge in [-0.25, -0.2) is 5.48 Å². The van der Waals surface area contributed by atoms with E-state index in [1.54, 1.807) is 0 Å². The molecule has 0 aliphatic carbocycles. The molecule has 0 heterocycles. The molecule has 0 spiro atoms. The van der Waals surface area contributed by atoms with E-state index in [1.165, 1.54) is 0 Å². The van der Waals surface area contributed by atoms with E-state index >= 15 is 0 Å². The van der Waals surface area contributed by atoms with Crippen molar-refractivity contribution in [1.82, 2.24) is 5.48 Å². The molecule has 2 radical (unpaired) electrons. The van der Waals surface area contributed by atoms with Gasteiger partial charge in [-0.1, -0.05) is 30.3 Å². The van der Waals surface area contributed by atoms with Crippen molar-refractivity contribution in [3.05, 3.63) is 35.9 Å². The van der Waals surface area contributed by atoms with Crippen LogP contribution in [-0.4, -0.2) is 33.7 Å². The van der Waals surface area contributed by atoms with E-state index in [1.807, 2.05) is 30.3 Å². The molecule has 1 amide bonds. The topological polar surface area (TPSA) is 38.3 Å². The summed E-state index contributed by atoms with van der Waals surface area (Å²) >= 11 is 0. The first-order valence-corrected chi connectivity index (χ1v) is 3.28. The normalized spacial score (nSPS) is 8.33. The first-order valence-electron chi connectivity index (χ1n) is 3.28. The molecular formula is C8H11NO2Pb. The zero-order valence-electron chi connectivity index (χ0n) is 6.69. The first-order chi connectivity index (χ1) is 5.43. The molecule has 1 N–H and O–H groups in total. The average molecular weight is 360 g/mol. The summed E-state index contributed by atoms with van der Waals surface area (Å²) in [4.78, 5) is 14.5. The summed E-state index contributed by atoms with van der Waals surface area (Å²) in [7, 11) is 0. The summed E-state index contributed by atoms with van der Waals surface area (Å²) in [5, 5.41) is 0. The molecule has 0 bridgehead atoms. The van der Waals surface area contributed by atoms with Crippen LogP contribution in [0.25, 0.3) is 0 Å². The van der Waals surface area contributed by atoms with Crippen LogP contribution in [0.15, 0.2) is 30.3 Å². The molecule has 0 aliphatic heterocycles. The van der Waals surface area contributed by atoms with Gasteiger partial charge in [-0.05, 0) is 5.56 Å². The van der Waals surface area contributed by atoms with Gasteiger partial charge in [0.2, 0.25) is 6.41 Å². The number of rotatable bonds is 4. The third kappa shape index (κ3) is 4.45. The molecule has 0 saturated heterocycles. The van der Waals surface area contributed by atoms with Crippen LogP contribution in [0.5, 0.6) is 0 Å². The molecule has 0 atom stereocenters. The van der Waals surface area contributed by atoms with Crippen molar-refractivity contribution in [2.45, 2.75) is 6.61 Å². The fourth-order valence-corrected chi connectivity index (χ4v) is 0.733. The number of hydrogen-bond acceptors (Lipinski definition) is 2. The van der Waals surface area contributed by atoms with E-state index in [0.29, 0.717) is 13.0 Å². The predicted octanol–water partition coefficient (Wildman–Crippen LogP) is -0.0520. The van der Waals surface area contributed by atoms with Crippen molar-refractivity contribution in [1.29, 1.82) is 0 Å². The van der Waals surface area contributed by atoms with Gasteiger partial charge in [-0.3, -0.25) is 9.63 Å². The molecule has 1 aromatic carbocycles. The number of hydroxylamine groups is 1. The van der Waals surface area contributed by atoms with Gasteiger partial charge >= 0.3 is 27.3 Å². The van der Waals surface area contributed by atoms with E-state index in [2.05, 4.69) is 5.48 Å². The van der Waals surface area contributed by atoms with Crippen LogP contribution in [0.4, 0.5) is 0 Å². The standard InChI is InChI=1S/C8H9NO2.Pb.2H/c10-7-9-11-6-8-4-2-1-3-5-8;;;/h1-5,7H,6H2,(H,9,10);;;. The Morgan fingerprint density at radius 2 is 2.00 bits per heavy atom. The second-order valence-corrected chi connectivity index (χ2v) is 2.01. The monoisotopic (exact) mass is 361 g/mol. The molecular weight excluding hydrogens is 349 g/mol. The van der Waals surface area contributed by atoms with Crippen molar-refractivity contribution in [3.8, 4) is 0 Å². The Hall–Kier alpha value is -0.428. The van der Waals surface area contributed by atoms with E-state index in [-0.39, 0.29) is 27.3 Å². The predicted molar refractivity (Wildman–Crippen MR) is 49.0 cm³/mol. The Morgan fingerprint density at radius 3 is 2.58 bits per heavy atom. The number of nitrogens with one attached hydrogen (secondary N) is 1. The third-order valence-corrected chi connectivity index (χ3v) is 1.21. The second-order valence-electron chi connectivity index (χ2n) is 2.01. The van der Waals surface area contributed by atoms with Crippen molar-refractivity contribution >= 4 is 33.7 Å². The molecule has 12 heavy (non-hydrogen) atoms. The van der Waals surface area contributed by atoms with Crippen LogP contribution in [0.2, 0.25) is 0 Å². The minimum absolute atomic E-state index is 0. The maximum absolute atomic E-state index is 9.76. The number of benzene rings is 1. The zero-order chi connectivity index (χ0) is 7.94. The van der Waals surface area contributed by atoms with Gasteiger partial charge in [-0.2, -0.15) is 0 Å². The Kier molecular flexibility index (Phi) is 6.98. The molecule has 1 aromatic rings. The molecule has 4 heteroatoms. The molecule has 0 aromatic heterocycles. The van der Waals surface area contributed by atoms with E-state index in [9.17, 15) is 4.79 Å². The summed E-state index contributed by atoms with van der Waals surface area (Å²) in [6.07, 6.45) is 0.503. The van der Waals surface area contributed by atoms with Crippen molar-refractivity contribution in [3.63, 3.8) is 0 Å². The summed E-state index contributed by atoms with van der Waals surface area (Å²) in [6, 6.07) is 9.61. The molecule has 3 nitrogen and oxygen atoms in total. The number of amides is 1. The van der Waals surface area contributed by atoms with Crippen LogP contribution in [0, 0.1) is 0 Å².